The molecule has 1 unspecified atom stereocenters. The molecule has 0 bridgehead atoms. The fourth-order valence-corrected chi connectivity index (χ4v) is 2.70. The minimum Gasteiger partial charge on any atom is -0.381 e. The lowest BCUT2D eigenvalue weighted by Crippen LogP contribution is -1.98. The predicted octanol–water partition coefficient (Wildman–Crippen LogP) is 3.10. The van der Waals surface area contributed by atoms with Crippen molar-refractivity contribution in [3.63, 3.8) is 0 Å². The van der Waals surface area contributed by atoms with Gasteiger partial charge in [-0.05, 0) is 18.9 Å². The van der Waals surface area contributed by atoms with Crippen LogP contribution in [0.1, 0.15) is 34.2 Å². The van der Waals surface area contributed by atoms with Crippen LogP contribution in [0.5, 0.6) is 0 Å². The Bertz CT molecular complexity index is 464. The van der Waals surface area contributed by atoms with Crippen molar-refractivity contribution in [3.05, 3.63) is 51.5 Å². The zero-order valence-electron chi connectivity index (χ0n) is 9.47. The summed E-state index contributed by atoms with van der Waals surface area (Å²) in [5.41, 5.74) is 1.99. The van der Waals surface area contributed by atoms with E-state index in [2.05, 4.69) is 18.8 Å². The SMILES string of the molecule is CCc1nc(C(O)c2ccccc2)sc1C. The summed E-state index contributed by atoms with van der Waals surface area (Å²) in [7, 11) is 0. The number of aromatic nitrogens is 1. The van der Waals surface area contributed by atoms with Crippen molar-refractivity contribution in [1.29, 1.82) is 0 Å². The summed E-state index contributed by atoms with van der Waals surface area (Å²) >= 11 is 1.58. The summed E-state index contributed by atoms with van der Waals surface area (Å²) in [6, 6.07) is 9.65. The zero-order valence-corrected chi connectivity index (χ0v) is 10.3. The highest BCUT2D eigenvalue weighted by Crippen LogP contribution is 2.27. The highest BCUT2D eigenvalue weighted by Gasteiger charge is 2.15. The molecule has 0 aliphatic heterocycles. The molecule has 0 fully saturated rings. The number of hydrogen-bond donors (Lipinski definition) is 1. The quantitative estimate of drug-likeness (QED) is 0.883. The summed E-state index contributed by atoms with van der Waals surface area (Å²) in [6.07, 6.45) is 0.328. The molecule has 0 saturated heterocycles. The minimum atomic E-state index is -0.592. The first-order valence-electron chi connectivity index (χ1n) is 5.41. The molecule has 0 saturated carbocycles. The van der Waals surface area contributed by atoms with Gasteiger partial charge in [-0.3, -0.25) is 0 Å². The van der Waals surface area contributed by atoms with Crippen molar-refractivity contribution in [2.24, 2.45) is 0 Å². The highest BCUT2D eigenvalue weighted by molar-refractivity contribution is 7.11. The summed E-state index contributed by atoms with van der Waals surface area (Å²) < 4.78 is 0. The van der Waals surface area contributed by atoms with Gasteiger partial charge in [0, 0.05) is 4.88 Å². The molecule has 2 rings (SSSR count). The van der Waals surface area contributed by atoms with Gasteiger partial charge in [-0.2, -0.15) is 0 Å². The van der Waals surface area contributed by atoms with Crippen LogP contribution in [-0.2, 0) is 6.42 Å². The van der Waals surface area contributed by atoms with Crippen LogP contribution in [0.15, 0.2) is 30.3 Å². The number of benzene rings is 1. The second kappa shape index (κ2) is 4.76. The topological polar surface area (TPSA) is 33.1 Å². The molecule has 16 heavy (non-hydrogen) atoms. The largest absolute Gasteiger partial charge is 0.381 e. The smallest absolute Gasteiger partial charge is 0.131 e. The van der Waals surface area contributed by atoms with Crippen molar-refractivity contribution < 1.29 is 5.11 Å². The number of aliphatic hydroxyl groups excluding tert-OH is 1. The van der Waals surface area contributed by atoms with E-state index in [4.69, 9.17) is 0 Å². The van der Waals surface area contributed by atoms with Gasteiger partial charge >= 0.3 is 0 Å². The van der Waals surface area contributed by atoms with E-state index in [1.54, 1.807) is 11.3 Å². The van der Waals surface area contributed by atoms with Crippen molar-refractivity contribution in [2.75, 3.05) is 0 Å². The fourth-order valence-electron chi connectivity index (χ4n) is 1.67. The molecule has 0 aliphatic carbocycles. The fraction of sp³-hybridized carbons (Fsp3) is 0.308. The van der Waals surface area contributed by atoms with Crippen LogP contribution in [0.4, 0.5) is 0 Å². The van der Waals surface area contributed by atoms with E-state index in [1.807, 2.05) is 30.3 Å². The third kappa shape index (κ3) is 2.15. The molecule has 1 aromatic heterocycles. The van der Waals surface area contributed by atoms with Gasteiger partial charge in [0.25, 0.3) is 0 Å². The van der Waals surface area contributed by atoms with Crippen LogP contribution in [0.2, 0.25) is 0 Å². The Balaban J connectivity index is 2.31. The number of aryl methyl sites for hydroxylation is 2. The molecular formula is C13H15NOS. The predicted molar refractivity (Wildman–Crippen MR) is 66.7 cm³/mol. The van der Waals surface area contributed by atoms with Gasteiger partial charge < -0.3 is 5.11 Å². The molecule has 1 N–H and O–H groups in total. The van der Waals surface area contributed by atoms with Crippen LogP contribution in [0.25, 0.3) is 0 Å². The third-order valence-electron chi connectivity index (χ3n) is 2.59. The molecule has 0 amide bonds. The molecule has 0 spiro atoms. The molecule has 0 radical (unpaired) electrons. The summed E-state index contributed by atoms with van der Waals surface area (Å²) in [6.45, 7) is 4.14. The molecule has 1 heterocycles. The van der Waals surface area contributed by atoms with E-state index in [0.717, 1.165) is 22.7 Å². The first kappa shape index (κ1) is 11.3. The molecule has 0 aliphatic rings. The van der Waals surface area contributed by atoms with Crippen molar-refractivity contribution >= 4 is 11.3 Å². The number of aliphatic hydroxyl groups is 1. The van der Waals surface area contributed by atoms with E-state index in [1.165, 1.54) is 4.88 Å². The molecule has 84 valence electrons. The summed E-state index contributed by atoms with van der Waals surface area (Å²) in [5, 5.41) is 11.0. The second-order valence-corrected chi connectivity index (χ2v) is 4.96. The van der Waals surface area contributed by atoms with Gasteiger partial charge in [0.1, 0.15) is 11.1 Å². The van der Waals surface area contributed by atoms with Crippen LogP contribution < -0.4 is 0 Å². The summed E-state index contributed by atoms with van der Waals surface area (Å²) in [4.78, 5) is 5.67. The van der Waals surface area contributed by atoms with E-state index in [0.29, 0.717) is 0 Å². The molecule has 2 aromatic rings. The van der Waals surface area contributed by atoms with E-state index >= 15 is 0 Å². The average Bonchev–Trinajstić information content (AvgIpc) is 2.71. The van der Waals surface area contributed by atoms with Crippen LogP contribution in [-0.4, -0.2) is 10.1 Å². The molecule has 3 heteroatoms. The highest BCUT2D eigenvalue weighted by atomic mass is 32.1. The molecular weight excluding hydrogens is 218 g/mol. The lowest BCUT2D eigenvalue weighted by Gasteiger charge is -2.06. The standard InChI is InChI=1S/C13H15NOS/c1-3-11-9(2)16-13(14-11)12(15)10-7-5-4-6-8-10/h4-8,12,15H,3H2,1-2H3. The normalized spacial score (nSPS) is 12.7. The maximum atomic E-state index is 10.2. The Morgan fingerprint density at radius 1 is 1.31 bits per heavy atom. The van der Waals surface area contributed by atoms with Crippen molar-refractivity contribution in [1.82, 2.24) is 4.98 Å². The van der Waals surface area contributed by atoms with Gasteiger partial charge in [0.2, 0.25) is 0 Å². The second-order valence-electron chi connectivity index (χ2n) is 3.72. The van der Waals surface area contributed by atoms with Gasteiger partial charge in [0.15, 0.2) is 0 Å². The lowest BCUT2D eigenvalue weighted by atomic mass is 10.1. The van der Waals surface area contributed by atoms with Crippen molar-refractivity contribution in [2.45, 2.75) is 26.4 Å². The van der Waals surface area contributed by atoms with Gasteiger partial charge in [-0.15, -0.1) is 11.3 Å². The third-order valence-corrected chi connectivity index (χ3v) is 3.66. The monoisotopic (exact) mass is 233 g/mol. The van der Waals surface area contributed by atoms with Crippen LogP contribution in [0, 0.1) is 6.92 Å². The number of thiazole rings is 1. The molecule has 1 aromatic carbocycles. The number of nitrogens with zero attached hydrogens (tertiary/aromatic N) is 1. The zero-order chi connectivity index (χ0) is 11.5. The first-order valence-corrected chi connectivity index (χ1v) is 6.23. The van der Waals surface area contributed by atoms with Crippen LogP contribution >= 0.6 is 11.3 Å². The summed E-state index contributed by atoms with van der Waals surface area (Å²) in [5.74, 6) is 0. The van der Waals surface area contributed by atoms with Gasteiger partial charge in [-0.1, -0.05) is 37.3 Å². The van der Waals surface area contributed by atoms with Gasteiger partial charge in [0.05, 0.1) is 5.69 Å². The molecule has 2 nitrogen and oxygen atoms in total. The van der Waals surface area contributed by atoms with E-state index < -0.39 is 6.10 Å². The Labute approximate surface area is 99.6 Å². The number of hydrogen-bond acceptors (Lipinski definition) is 3. The Kier molecular flexibility index (Phi) is 3.36. The van der Waals surface area contributed by atoms with E-state index in [9.17, 15) is 5.11 Å². The first-order chi connectivity index (χ1) is 7.72. The minimum absolute atomic E-state index is 0.592. The van der Waals surface area contributed by atoms with E-state index in [-0.39, 0.29) is 0 Å². The Morgan fingerprint density at radius 3 is 2.56 bits per heavy atom. The van der Waals surface area contributed by atoms with Crippen LogP contribution in [0.3, 0.4) is 0 Å². The molecule has 1 atom stereocenters. The average molecular weight is 233 g/mol. The number of rotatable bonds is 3. The maximum Gasteiger partial charge on any atom is 0.131 e. The van der Waals surface area contributed by atoms with Crippen molar-refractivity contribution in [3.8, 4) is 0 Å². The lowest BCUT2D eigenvalue weighted by molar-refractivity contribution is 0.219. The Hall–Kier alpha value is -1.19. The maximum absolute atomic E-state index is 10.2. The Morgan fingerprint density at radius 2 is 2.00 bits per heavy atom. The van der Waals surface area contributed by atoms with Gasteiger partial charge in [-0.25, -0.2) is 4.98 Å².